The Hall–Kier alpha value is -2.34. The van der Waals surface area contributed by atoms with E-state index in [0.717, 1.165) is 63.9 Å². The maximum Gasteiger partial charge on any atom is 0.194 e. The second kappa shape index (κ2) is 9.22. The van der Waals surface area contributed by atoms with E-state index in [4.69, 9.17) is 9.52 Å². The van der Waals surface area contributed by atoms with Gasteiger partial charge in [-0.25, -0.2) is 0 Å². The molecule has 1 aromatic heterocycles. The molecule has 0 radical (unpaired) electrons. The second-order valence-corrected chi connectivity index (χ2v) is 6.23. The van der Waals surface area contributed by atoms with Crippen LogP contribution in [0.1, 0.15) is 18.2 Å². The zero-order valence-corrected chi connectivity index (χ0v) is 14.9. The highest BCUT2D eigenvalue weighted by Gasteiger charge is 2.20. The molecule has 1 aliphatic rings. The highest BCUT2D eigenvalue weighted by Crippen LogP contribution is 2.07. The Kier molecular flexibility index (Phi) is 6.45. The van der Waals surface area contributed by atoms with E-state index < -0.39 is 0 Å². The van der Waals surface area contributed by atoms with Crippen molar-refractivity contribution in [3.05, 3.63) is 53.9 Å². The number of rotatable bonds is 6. The Morgan fingerprint density at radius 1 is 1.16 bits per heavy atom. The van der Waals surface area contributed by atoms with Crippen LogP contribution in [0.4, 0.5) is 0 Å². The quantitative estimate of drug-likeness (QED) is 0.643. The highest BCUT2D eigenvalue weighted by molar-refractivity contribution is 5.80. The van der Waals surface area contributed by atoms with Gasteiger partial charge in [0.05, 0.1) is 5.69 Å². The number of nitrogens with zero attached hydrogens (tertiary/aromatic N) is 4. The van der Waals surface area contributed by atoms with Crippen LogP contribution in [0.2, 0.25) is 0 Å². The smallest absolute Gasteiger partial charge is 0.194 e. The largest absolute Gasteiger partial charge is 0.364 e. The average Bonchev–Trinajstić information content (AvgIpc) is 3.16. The molecule has 6 heteroatoms. The zero-order valence-electron chi connectivity index (χ0n) is 14.9. The molecule has 0 saturated carbocycles. The summed E-state index contributed by atoms with van der Waals surface area (Å²) >= 11 is 0. The maximum atomic E-state index is 4.91. The summed E-state index contributed by atoms with van der Waals surface area (Å²) in [6.45, 7) is 8.66. The molecule has 0 atom stereocenters. The molecule has 1 saturated heterocycles. The van der Waals surface area contributed by atoms with Crippen molar-refractivity contribution in [2.45, 2.75) is 19.9 Å². The first kappa shape index (κ1) is 17.5. The summed E-state index contributed by atoms with van der Waals surface area (Å²) in [6.07, 6.45) is 2.61. The first-order chi connectivity index (χ1) is 12.3. The van der Waals surface area contributed by atoms with Crippen LogP contribution in [0.25, 0.3) is 0 Å². The molecule has 134 valence electrons. The molecule has 1 aliphatic heterocycles. The number of aliphatic imine (C=N–C) groups is 1. The molecular weight excluding hydrogens is 314 g/mol. The predicted octanol–water partition coefficient (Wildman–Crippen LogP) is 2.00. The van der Waals surface area contributed by atoms with Gasteiger partial charge in [-0.15, -0.1) is 0 Å². The minimum Gasteiger partial charge on any atom is -0.364 e. The van der Waals surface area contributed by atoms with E-state index in [9.17, 15) is 0 Å². The Labute approximate surface area is 149 Å². The monoisotopic (exact) mass is 341 g/mol. The summed E-state index contributed by atoms with van der Waals surface area (Å²) in [5.74, 6) is 1.03. The third-order valence-corrected chi connectivity index (χ3v) is 4.39. The Bertz CT molecular complexity index is 633. The number of piperazine rings is 1. The number of benzene rings is 1. The number of nitrogens with one attached hydrogen (secondary N) is 1. The molecule has 0 unspecified atom stereocenters. The normalized spacial score (nSPS) is 16.2. The van der Waals surface area contributed by atoms with E-state index in [-0.39, 0.29) is 0 Å². The Morgan fingerprint density at radius 3 is 2.64 bits per heavy atom. The van der Waals surface area contributed by atoms with Gasteiger partial charge in [0.15, 0.2) is 5.96 Å². The molecule has 1 N–H and O–H groups in total. The molecule has 0 amide bonds. The summed E-state index contributed by atoms with van der Waals surface area (Å²) in [6, 6.07) is 12.5. The van der Waals surface area contributed by atoms with E-state index in [2.05, 4.69) is 57.5 Å². The van der Waals surface area contributed by atoms with Gasteiger partial charge in [0.2, 0.25) is 0 Å². The van der Waals surface area contributed by atoms with Crippen molar-refractivity contribution in [2.75, 3.05) is 39.3 Å². The van der Waals surface area contributed by atoms with Gasteiger partial charge in [-0.05, 0) is 18.9 Å². The molecule has 3 rings (SSSR count). The lowest BCUT2D eigenvalue weighted by Gasteiger charge is -2.36. The number of aromatic nitrogens is 1. The van der Waals surface area contributed by atoms with E-state index >= 15 is 0 Å². The summed E-state index contributed by atoms with van der Waals surface area (Å²) in [7, 11) is 0. The predicted molar refractivity (Wildman–Crippen MR) is 99.5 cm³/mol. The number of guanidine groups is 1. The van der Waals surface area contributed by atoms with E-state index in [0.29, 0.717) is 0 Å². The third-order valence-electron chi connectivity index (χ3n) is 4.39. The number of hydrogen-bond acceptors (Lipinski definition) is 4. The molecule has 2 heterocycles. The van der Waals surface area contributed by atoms with Gasteiger partial charge in [-0.1, -0.05) is 35.5 Å². The minimum absolute atomic E-state index is 0.811. The fourth-order valence-electron chi connectivity index (χ4n) is 3.03. The molecular formula is C19H27N5O. The number of hydrogen-bond donors (Lipinski definition) is 1. The fraction of sp³-hybridized carbons (Fsp3) is 0.474. The SMILES string of the molecule is CCNC(=NCCc1ccccc1)N1CCN(Cc2ccon2)CC1. The Balaban J connectivity index is 1.50. The van der Waals surface area contributed by atoms with Crippen LogP contribution in [-0.2, 0) is 13.0 Å². The fourth-order valence-corrected chi connectivity index (χ4v) is 3.03. The van der Waals surface area contributed by atoms with Gasteiger partial charge >= 0.3 is 0 Å². The first-order valence-corrected chi connectivity index (χ1v) is 9.04. The van der Waals surface area contributed by atoms with Crippen LogP contribution in [0.5, 0.6) is 0 Å². The van der Waals surface area contributed by atoms with E-state index in [1.165, 1.54) is 5.56 Å². The van der Waals surface area contributed by atoms with Crippen molar-refractivity contribution >= 4 is 5.96 Å². The van der Waals surface area contributed by atoms with Crippen molar-refractivity contribution in [1.29, 1.82) is 0 Å². The van der Waals surface area contributed by atoms with Crippen molar-refractivity contribution in [2.24, 2.45) is 4.99 Å². The summed E-state index contributed by atoms with van der Waals surface area (Å²) in [5, 5.41) is 7.43. The van der Waals surface area contributed by atoms with E-state index in [1.54, 1.807) is 6.26 Å². The zero-order chi connectivity index (χ0) is 17.3. The second-order valence-electron chi connectivity index (χ2n) is 6.23. The summed E-state index contributed by atoms with van der Waals surface area (Å²) in [5.41, 5.74) is 2.33. The van der Waals surface area contributed by atoms with Crippen LogP contribution in [0, 0.1) is 0 Å². The van der Waals surface area contributed by atoms with Crippen LogP contribution >= 0.6 is 0 Å². The van der Waals surface area contributed by atoms with Crippen LogP contribution in [0.3, 0.4) is 0 Å². The summed E-state index contributed by atoms with van der Waals surface area (Å²) < 4.78 is 4.91. The molecule has 1 fully saturated rings. The van der Waals surface area contributed by atoms with Crippen molar-refractivity contribution in [3.63, 3.8) is 0 Å². The van der Waals surface area contributed by atoms with Crippen LogP contribution in [-0.4, -0.2) is 60.2 Å². The van der Waals surface area contributed by atoms with Gasteiger partial charge in [-0.2, -0.15) is 0 Å². The molecule has 25 heavy (non-hydrogen) atoms. The van der Waals surface area contributed by atoms with Gasteiger partial charge in [0.1, 0.15) is 6.26 Å². The van der Waals surface area contributed by atoms with Crippen LogP contribution in [0.15, 0.2) is 52.2 Å². The standard InChI is InChI=1S/C19H27N5O/c1-2-20-19(21-10-8-17-6-4-3-5-7-17)24-13-11-23(12-14-24)16-18-9-15-25-22-18/h3-7,9,15H,2,8,10-14,16H2,1H3,(H,20,21). The molecule has 1 aromatic carbocycles. The lowest BCUT2D eigenvalue weighted by molar-refractivity contribution is 0.169. The third kappa shape index (κ3) is 5.32. The molecule has 0 spiro atoms. The van der Waals surface area contributed by atoms with Gasteiger partial charge in [0.25, 0.3) is 0 Å². The van der Waals surface area contributed by atoms with Crippen molar-refractivity contribution in [1.82, 2.24) is 20.3 Å². The molecule has 0 aliphatic carbocycles. The average molecular weight is 341 g/mol. The lowest BCUT2D eigenvalue weighted by Crippen LogP contribution is -2.52. The van der Waals surface area contributed by atoms with Crippen molar-refractivity contribution in [3.8, 4) is 0 Å². The topological polar surface area (TPSA) is 56.9 Å². The maximum absolute atomic E-state index is 4.91. The molecule has 2 aromatic rings. The van der Waals surface area contributed by atoms with E-state index in [1.807, 2.05) is 6.07 Å². The molecule has 6 nitrogen and oxygen atoms in total. The Morgan fingerprint density at radius 2 is 1.96 bits per heavy atom. The summed E-state index contributed by atoms with van der Waals surface area (Å²) in [4.78, 5) is 9.58. The molecule has 0 bridgehead atoms. The van der Waals surface area contributed by atoms with Gasteiger partial charge in [0, 0.05) is 51.9 Å². The van der Waals surface area contributed by atoms with Crippen LogP contribution < -0.4 is 5.32 Å². The van der Waals surface area contributed by atoms with Gasteiger partial charge in [-0.3, -0.25) is 9.89 Å². The van der Waals surface area contributed by atoms with Gasteiger partial charge < -0.3 is 14.7 Å². The van der Waals surface area contributed by atoms with Crippen molar-refractivity contribution < 1.29 is 4.52 Å². The lowest BCUT2D eigenvalue weighted by atomic mass is 10.2. The minimum atomic E-state index is 0.811. The highest BCUT2D eigenvalue weighted by atomic mass is 16.5. The first-order valence-electron chi connectivity index (χ1n) is 9.04.